The van der Waals surface area contributed by atoms with Gasteiger partial charge in [-0.3, -0.25) is 4.79 Å². The Balaban J connectivity index is 2.88. The lowest BCUT2D eigenvalue weighted by Gasteiger charge is -2.09. The van der Waals surface area contributed by atoms with Crippen molar-refractivity contribution in [2.45, 2.75) is 6.92 Å². The molecule has 1 aromatic heterocycles. The van der Waals surface area contributed by atoms with Gasteiger partial charge in [0.1, 0.15) is 0 Å². The minimum Gasteiger partial charge on any atom is -0.493 e. The Kier molecular flexibility index (Phi) is 2.52. The number of nitrogens with one attached hydrogen (secondary N) is 1. The van der Waals surface area contributed by atoms with Gasteiger partial charge >= 0.3 is 0 Å². The summed E-state index contributed by atoms with van der Waals surface area (Å²) in [6.07, 6.45) is 0. The average molecular weight is 220 g/mol. The molecule has 2 aromatic rings. The Morgan fingerprint density at radius 2 is 1.69 bits per heavy atom. The molecule has 0 unspecified atom stereocenters. The van der Waals surface area contributed by atoms with Crippen LogP contribution in [-0.2, 0) is 0 Å². The normalized spacial score (nSPS) is 10.4. The highest BCUT2D eigenvalue weighted by Crippen LogP contribution is 2.31. The van der Waals surface area contributed by atoms with Crippen molar-refractivity contribution in [3.05, 3.63) is 28.2 Å². The number of methoxy groups -OCH3 is 2. The molecule has 16 heavy (non-hydrogen) atoms. The molecule has 5 nitrogen and oxygen atoms in total. The Bertz CT molecular complexity index is 590. The number of aryl methyl sites for hydroxylation is 1. The number of aromatic amines is 1. The van der Waals surface area contributed by atoms with Gasteiger partial charge in [-0.25, -0.2) is 5.10 Å². The smallest absolute Gasteiger partial charge is 0.272 e. The van der Waals surface area contributed by atoms with Gasteiger partial charge in [0.15, 0.2) is 11.5 Å². The third-order valence-electron chi connectivity index (χ3n) is 2.48. The van der Waals surface area contributed by atoms with E-state index in [1.54, 1.807) is 19.2 Å². The zero-order valence-corrected chi connectivity index (χ0v) is 9.33. The predicted molar refractivity (Wildman–Crippen MR) is 60.2 cm³/mol. The van der Waals surface area contributed by atoms with Crippen LogP contribution < -0.4 is 15.0 Å². The molecule has 1 heterocycles. The fourth-order valence-corrected chi connectivity index (χ4v) is 1.62. The average Bonchev–Trinajstić information content (AvgIpc) is 2.32. The van der Waals surface area contributed by atoms with E-state index in [2.05, 4.69) is 10.2 Å². The molecule has 0 fully saturated rings. The maximum atomic E-state index is 11.6. The van der Waals surface area contributed by atoms with Crippen molar-refractivity contribution < 1.29 is 9.47 Å². The molecular weight excluding hydrogens is 208 g/mol. The van der Waals surface area contributed by atoms with Crippen LogP contribution in [0.5, 0.6) is 11.5 Å². The summed E-state index contributed by atoms with van der Waals surface area (Å²) in [7, 11) is 3.09. The van der Waals surface area contributed by atoms with Gasteiger partial charge in [-0.15, -0.1) is 0 Å². The summed E-state index contributed by atoms with van der Waals surface area (Å²) in [5.41, 5.74) is 0.511. The van der Waals surface area contributed by atoms with Gasteiger partial charge in [0.05, 0.1) is 25.3 Å². The second kappa shape index (κ2) is 3.84. The third kappa shape index (κ3) is 1.50. The van der Waals surface area contributed by atoms with Gasteiger partial charge in [0.2, 0.25) is 0 Å². The van der Waals surface area contributed by atoms with Crippen LogP contribution in [0.1, 0.15) is 5.69 Å². The molecule has 5 heteroatoms. The molecule has 0 saturated heterocycles. The first kappa shape index (κ1) is 10.5. The van der Waals surface area contributed by atoms with Gasteiger partial charge in [-0.05, 0) is 19.1 Å². The Morgan fingerprint density at radius 1 is 1.12 bits per heavy atom. The number of benzene rings is 1. The van der Waals surface area contributed by atoms with Gasteiger partial charge < -0.3 is 9.47 Å². The minimum atomic E-state index is -0.235. The molecule has 0 spiro atoms. The highest BCUT2D eigenvalue weighted by molar-refractivity contribution is 5.86. The van der Waals surface area contributed by atoms with Crippen LogP contribution >= 0.6 is 0 Å². The van der Waals surface area contributed by atoms with Crippen molar-refractivity contribution in [2.24, 2.45) is 0 Å². The Labute approximate surface area is 92.0 Å². The molecule has 0 aliphatic rings. The van der Waals surface area contributed by atoms with E-state index in [4.69, 9.17) is 9.47 Å². The van der Waals surface area contributed by atoms with E-state index in [1.165, 1.54) is 7.11 Å². The van der Waals surface area contributed by atoms with Crippen molar-refractivity contribution in [2.75, 3.05) is 14.2 Å². The largest absolute Gasteiger partial charge is 0.493 e. The van der Waals surface area contributed by atoms with Crippen molar-refractivity contribution in [3.8, 4) is 11.5 Å². The molecule has 0 amide bonds. The summed E-state index contributed by atoms with van der Waals surface area (Å²) in [6, 6.07) is 3.41. The SMILES string of the molecule is COc1cc2c(C)n[nH]c(=O)c2cc1OC. The molecule has 0 bridgehead atoms. The summed E-state index contributed by atoms with van der Waals surface area (Å²) in [4.78, 5) is 11.6. The van der Waals surface area contributed by atoms with Crippen LogP contribution in [-0.4, -0.2) is 24.4 Å². The Hall–Kier alpha value is -2.04. The quantitative estimate of drug-likeness (QED) is 0.827. The highest BCUT2D eigenvalue weighted by Gasteiger charge is 2.10. The number of H-pyrrole nitrogens is 1. The van der Waals surface area contributed by atoms with Crippen LogP contribution in [0.4, 0.5) is 0 Å². The second-order valence-corrected chi connectivity index (χ2v) is 3.39. The van der Waals surface area contributed by atoms with Crippen LogP contribution in [0.3, 0.4) is 0 Å². The first-order valence-electron chi connectivity index (χ1n) is 4.78. The van der Waals surface area contributed by atoms with Crippen molar-refractivity contribution >= 4 is 10.8 Å². The maximum Gasteiger partial charge on any atom is 0.272 e. The fraction of sp³-hybridized carbons (Fsp3) is 0.273. The summed E-state index contributed by atoms with van der Waals surface area (Å²) in [5.74, 6) is 1.12. The van der Waals surface area contributed by atoms with E-state index in [0.29, 0.717) is 16.9 Å². The van der Waals surface area contributed by atoms with Crippen LogP contribution in [0, 0.1) is 6.92 Å². The zero-order valence-electron chi connectivity index (χ0n) is 9.33. The summed E-state index contributed by atoms with van der Waals surface area (Å²) in [5, 5.41) is 7.64. The minimum absolute atomic E-state index is 0.235. The molecular formula is C11H12N2O3. The zero-order chi connectivity index (χ0) is 11.7. The van der Waals surface area contributed by atoms with E-state index < -0.39 is 0 Å². The fourth-order valence-electron chi connectivity index (χ4n) is 1.62. The number of nitrogens with zero attached hydrogens (tertiary/aromatic N) is 1. The number of aromatic nitrogens is 2. The highest BCUT2D eigenvalue weighted by atomic mass is 16.5. The van der Waals surface area contributed by atoms with Crippen molar-refractivity contribution in [1.29, 1.82) is 0 Å². The van der Waals surface area contributed by atoms with E-state index in [9.17, 15) is 4.79 Å². The lowest BCUT2D eigenvalue weighted by atomic mass is 10.1. The standard InChI is InChI=1S/C11H12N2O3/c1-6-7-4-9(15-2)10(16-3)5-8(7)11(14)13-12-6/h4-5H,1-3H3,(H,13,14). The van der Waals surface area contributed by atoms with Gasteiger partial charge in [0.25, 0.3) is 5.56 Å². The van der Waals surface area contributed by atoms with Crippen molar-refractivity contribution in [1.82, 2.24) is 10.2 Å². The predicted octanol–water partition coefficient (Wildman–Crippen LogP) is 1.25. The summed E-state index contributed by atoms with van der Waals surface area (Å²) >= 11 is 0. The molecule has 0 saturated carbocycles. The first-order chi connectivity index (χ1) is 7.67. The van der Waals surface area contributed by atoms with Crippen LogP contribution in [0.15, 0.2) is 16.9 Å². The number of hydrogen-bond donors (Lipinski definition) is 1. The number of fused-ring (bicyclic) bond motifs is 1. The molecule has 2 rings (SSSR count). The van der Waals surface area contributed by atoms with E-state index in [1.807, 2.05) is 6.92 Å². The summed E-state index contributed by atoms with van der Waals surface area (Å²) in [6.45, 7) is 1.82. The molecule has 1 aromatic carbocycles. The molecule has 0 radical (unpaired) electrons. The molecule has 0 aliphatic heterocycles. The van der Waals surface area contributed by atoms with Gasteiger partial charge in [0, 0.05) is 5.39 Å². The van der Waals surface area contributed by atoms with Gasteiger partial charge in [-0.2, -0.15) is 5.10 Å². The van der Waals surface area contributed by atoms with Crippen LogP contribution in [0.2, 0.25) is 0 Å². The molecule has 0 atom stereocenters. The number of hydrogen-bond acceptors (Lipinski definition) is 4. The first-order valence-corrected chi connectivity index (χ1v) is 4.78. The second-order valence-electron chi connectivity index (χ2n) is 3.39. The summed E-state index contributed by atoms with van der Waals surface area (Å²) < 4.78 is 10.3. The van der Waals surface area contributed by atoms with E-state index in [-0.39, 0.29) is 5.56 Å². The molecule has 1 N–H and O–H groups in total. The lowest BCUT2D eigenvalue weighted by molar-refractivity contribution is 0.356. The Morgan fingerprint density at radius 3 is 2.25 bits per heavy atom. The maximum absolute atomic E-state index is 11.6. The topological polar surface area (TPSA) is 64.2 Å². The third-order valence-corrected chi connectivity index (χ3v) is 2.48. The monoisotopic (exact) mass is 220 g/mol. The number of rotatable bonds is 2. The van der Waals surface area contributed by atoms with Gasteiger partial charge in [-0.1, -0.05) is 0 Å². The van der Waals surface area contributed by atoms with E-state index in [0.717, 1.165) is 11.1 Å². The lowest BCUT2D eigenvalue weighted by Crippen LogP contribution is -2.10. The molecule has 84 valence electrons. The van der Waals surface area contributed by atoms with Crippen LogP contribution in [0.25, 0.3) is 10.8 Å². The van der Waals surface area contributed by atoms with E-state index >= 15 is 0 Å². The molecule has 0 aliphatic carbocycles. The number of ether oxygens (including phenoxy) is 2. The van der Waals surface area contributed by atoms with Crippen molar-refractivity contribution in [3.63, 3.8) is 0 Å².